The molecule has 22 heavy (non-hydrogen) atoms. The Labute approximate surface area is 133 Å². The monoisotopic (exact) mass is 299 g/mol. The molecule has 1 unspecified atom stereocenters. The predicted octanol–water partition coefficient (Wildman–Crippen LogP) is 4.16. The summed E-state index contributed by atoms with van der Waals surface area (Å²) in [5.74, 6) is 1.94. The van der Waals surface area contributed by atoms with E-state index in [1.807, 2.05) is 12.1 Å². The second kappa shape index (κ2) is 7.85. The van der Waals surface area contributed by atoms with Gasteiger partial charge in [0.2, 0.25) is 0 Å². The van der Waals surface area contributed by atoms with Gasteiger partial charge in [-0.1, -0.05) is 43.3 Å². The van der Waals surface area contributed by atoms with E-state index in [4.69, 9.17) is 9.47 Å². The van der Waals surface area contributed by atoms with Crippen molar-refractivity contribution in [1.29, 1.82) is 0 Å². The third kappa shape index (κ3) is 4.01. The highest BCUT2D eigenvalue weighted by Crippen LogP contribution is 2.30. The molecular formula is C19H25NO2. The summed E-state index contributed by atoms with van der Waals surface area (Å²) in [6.07, 6.45) is 0. The molecule has 0 heterocycles. The van der Waals surface area contributed by atoms with E-state index >= 15 is 0 Å². The van der Waals surface area contributed by atoms with E-state index in [0.29, 0.717) is 12.0 Å². The fraction of sp³-hybridized carbons (Fsp3) is 0.368. The van der Waals surface area contributed by atoms with Crippen molar-refractivity contribution in [2.75, 3.05) is 20.8 Å². The van der Waals surface area contributed by atoms with E-state index in [2.05, 4.69) is 55.6 Å². The van der Waals surface area contributed by atoms with Gasteiger partial charge in [-0.25, -0.2) is 0 Å². The molecule has 0 saturated heterocycles. The molecule has 2 rings (SSSR count). The molecule has 2 aromatic carbocycles. The standard InChI is InChI=1S/C19H25NO2/c1-14(13-20-15(2)16-8-6-5-7-9-16)17-10-11-18(21-3)19(12-17)22-4/h5-12,14-15,20H,13H2,1-4H3/t14?,15-/m0/s1. The Balaban J connectivity index is 1.99. The van der Waals surface area contributed by atoms with Crippen LogP contribution in [0.25, 0.3) is 0 Å². The SMILES string of the molecule is COc1ccc(C(C)CN[C@@H](C)c2ccccc2)cc1OC. The molecule has 2 aromatic rings. The van der Waals surface area contributed by atoms with Crippen molar-refractivity contribution >= 4 is 0 Å². The fourth-order valence-electron chi connectivity index (χ4n) is 2.49. The molecule has 0 amide bonds. The molecule has 0 saturated carbocycles. The molecule has 0 aliphatic carbocycles. The number of benzene rings is 2. The molecule has 0 bridgehead atoms. The Morgan fingerprint density at radius 3 is 2.18 bits per heavy atom. The third-order valence-corrected chi connectivity index (χ3v) is 4.01. The van der Waals surface area contributed by atoms with Crippen LogP contribution in [0.15, 0.2) is 48.5 Å². The van der Waals surface area contributed by atoms with E-state index in [9.17, 15) is 0 Å². The summed E-state index contributed by atoms with van der Waals surface area (Å²) in [4.78, 5) is 0. The molecule has 0 radical (unpaired) electrons. The summed E-state index contributed by atoms with van der Waals surface area (Å²) in [7, 11) is 3.33. The zero-order valence-electron chi connectivity index (χ0n) is 13.8. The van der Waals surface area contributed by atoms with Gasteiger partial charge in [0.25, 0.3) is 0 Å². The summed E-state index contributed by atoms with van der Waals surface area (Å²) in [6.45, 7) is 5.31. The fourth-order valence-corrected chi connectivity index (χ4v) is 2.49. The molecule has 3 nitrogen and oxygen atoms in total. The molecule has 0 fully saturated rings. The molecule has 0 aliphatic heterocycles. The highest BCUT2D eigenvalue weighted by atomic mass is 16.5. The van der Waals surface area contributed by atoms with Crippen LogP contribution < -0.4 is 14.8 Å². The minimum atomic E-state index is 0.337. The second-order valence-electron chi connectivity index (χ2n) is 5.56. The van der Waals surface area contributed by atoms with Gasteiger partial charge in [-0.2, -0.15) is 0 Å². The van der Waals surface area contributed by atoms with Crippen molar-refractivity contribution in [1.82, 2.24) is 5.32 Å². The van der Waals surface area contributed by atoms with Crippen molar-refractivity contribution in [2.24, 2.45) is 0 Å². The first-order valence-electron chi connectivity index (χ1n) is 7.66. The summed E-state index contributed by atoms with van der Waals surface area (Å²) >= 11 is 0. The van der Waals surface area contributed by atoms with E-state index in [1.165, 1.54) is 11.1 Å². The number of hydrogen-bond acceptors (Lipinski definition) is 3. The first-order valence-corrected chi connectivity index (χ1v) is 7.66. The summed E-state index contributed by atoms with van der Waals surface area (Å²) in [5, 5.41) is 3.59. The smallest absolute Gasteiger partial charge is 0.160 e. The molecule has 0 aliphatic rings. The molecule has 3 heteroatoms. The molecule has 0 aromatic heterocycles. The minimum Gasteiger partial charge on any atom is -0.493 e. The number of nitrogens with one attached hydrogen (secondary N) is 1. The lowest BCUT2D eigenvalue weighted by Gasteiger charge is -2.19. The Kier molecular flexibility index (Phi) is 5.84. The van der Waals surface area contributed by atoms with Gasteiger partial charge in [-0.05, 0) is 36.1 Å². The van der Waals surface area contributed by atoms with Crippen LogP contribution in [0, 0.1) is 0 Å². The number of rotatable bonds is 7. The number of methoxy groups -OCH3 is 2. The third-order valence-electron chi connectivity index (χ3n) is 4.01. The zero-order chi connectivity index (χ0) is 15.9. The minimum absolute atomic E-state index is 0.337. The highest BCUT2D eigenvalue weighted by Gasteiger charge is 2.12. The van der Waals surface area contributed by atoms with E-state index in [0.717, 1.165) is 18.0 Å². The summed E-state index contributed by atoms with van der Waals surface area (Å²) < 4.78 is 10.7. The van der Waals surface area contributed by atoms with Gasteiger partial charge in [0.15, 0.2) is 11.5 Å². The van der Waals surface area contributed by atoms with Crippen LogP contribution in [0.1, 0.15) is 36.9 Å². The lowest BCUT2D eigenvalue weighted by molar-refractivity contribution is 0.354. The average molecular weight is 299 g/mol. The Morgan fingerprint density at radius 2 is 1.55 bits per heavy atom. The van der Waals surface area contributed by atoms with Crippen LogP contribution in [0.3, 0.4) is 0 Å². The van der Waals surface area contributed by atoms with Crippen molar-refractivity contribution in [3.63, 3.8) is 0 Å². The van der Waals surface area contributed by atoms with E-state index in [1.54, 1.807) is 14.2 Å². The topological polar surface area (TPSA) is 30.5 Å². The maximum Gasteiger partial charge on any atom is 0.160 e. The van der Waals surface area contributed by atoms with Crippen molar-refractivity contribution < 1.29 is 9.47 Å². The van der Waals surface area contributed by atoms with Crippen LogP contribution in [0.4, 0.5) is 0 Å². The van der Waals surface area contributed by atoms with Crippen molar-refractivity contribution in [2.45, 2.75) is 25.8 Å². The predicted molar refractivity (Wildman–Crippen MR) is 90.8 cm³/mol. The van der Waals surface area contributed by atoms with Gasteiger partial charge in [0.1, 0.15) is 0 Å². The Hall–Kier alpha value is -2.00. The maximum atomic E-state index is 5.38. The lowest BCUT2D eigenvalue weighted by Crippen LogP contribution is -2.23. The second-order valence-corrected chi connectivity index (χ2v) is 5.56. The number of ether oxygens (including phenoxy) is 2. The number of hydrogen-bond donors (Lipinski definition) is 1. The summed E-state index contributed by atoms with van der Waals surface area (Å²) in [6, 6.07) is 16.9. The average Bonchev–Trinajstić information content (AvgIpc) is 2.59. The van der Waals surface area contributed by atoms with Crippen molar-refractivity contribution in [3.05, 3.63) is 59.7 Å². The summed E-state index contributed by atoms with van der Waals surface area (Å²) in [5.41, 5.74) is 2.55. The Morgan fingerprint density at radius 1 is 0.864 bits per heavy atom. The first-order chi connectivity index (χ1) is 10.7. The van der Waals surface area contributed by atoms with Crippen LogP contribution in [-0.4, -0.2) is 20.8 Å². The molecule has 118 valence electrons. The van der Waals surface area contributed by atoms with Gasteiger partial charge >= 0.3 is 0 Å². The maximum absolute atomic E-state index is 5.38. The molecule has 1 N–H and O–H groups in total. The van der Waals surface area contributed by atoms with Crippen molar-refractivity contribution in [3.8, 4) is 11.5 Å². The van der Waals surface area contributed by atoms with Crippen LogP contribution in [0.2, 0.25) is 0 Å². The van der Waals surface area contributed by atoms with Crippen LogP contribution in [-0.2, 0) is 0 Å². The molecule has 0 spiro atoms. The van der Waals surface area contributed by atoms with Gasteiger partial charge in [-0.15, -0.1) is 0 Å². The zero-order valence-corrected chi connectivity index (χ0v) is 13.8. The highest BCUT2D eigenvalue weighted by molar-refractivity contribution is 5.43. The van der Waals surface area contributed by atoms with Gasteiger partial charge in [-0.3, -0.25) is 0 Å². The van der Waals surface area contributed by atoms with Crippen LogP contribution in [0.5, 0.6) is 11.5 Å². The van der Waals surface area contributed by atoms with Gasteiger partial charge < -0.3 is 14.8 Å². The molecule has 2 atom stereocenters. The van der Waals surface area contributed by atoms with E-state index in [-0.39, 0.29) is 0 Å². The first kappa shape index (κ1) is 16.4. The quantitative estimate of drug-likeness (QED) is 0.833. The van der Waals surface area contributed by atoms with Gasteiger partial charge in [0, 0.05) is 12.6 Å². The normalized spacial score (nSPS) is 13.5. The van der Waals surface area contributed by atoms with Crippen LogP contribution >= 0.6 is 0 Å². The van der Waals surface area contributed by atoms with Gasteiger partial charge in [0.05, 0.1) is 14.2 Å². The largest absolute Gasteiger partial charge is 0.493 e. The lowest BCUT2D eigenvalue weighted by atomic mass is 9.99. The van der Waals surface area contributed by atoms with E-state index < -0.39 is 0 Å². The Bertz CT molecular complexity index is 583. The molecular weight excluding hydrogens is 274 g/mol.